The Labute approximate surface area is 126 Å². The quantitative estimate of drug-likeness (QED) is 0.756. The maximum atomic E-state index is 12.7. The third-order valence-corrected chi connectivity index (χ3v) is 5.65. The molecule has 1 aromatic carbocycles. The van der Waals surface area contributed by atoms with Crippen molar-refractivity contribution in [1.82, 2.24) is 8.61 Å². The van der Waals surface area contributed by atoms with Gasteiger partial charge in [-0.15, -0.1) is 11.6 Å². The SMILES string of the molecule is O=S(=O)(N1CCCCC1)N(CCCl)Cc1ccccc1. The lowest BCUT2D eigenvalue weighted by molar-refractivity contribution is 0.304. The van der Waals surface area contributed by atoms with Crippen LogP contribution in [-0.4, -0.2) is 42.5 Å². The molecule has 6 heteroatoms. The van der Waals surface area contributed by atoms with Crippen LogP contribution < -0.4 is 0 Å². The van der Waals surface area contributed by atoms with Gasteiger partial charge in [-0.3, -0.25) is 0 Å². The van der Waals surface area contributed by atoms with Crippen LogP contribution in [0.25, 0.3) is 0 Å². The fourth-order valence-electron chi connectivity index (χ4n) is 2.42. The predicted octanol–water partition coefficient (Wildman–Crippen LogP) is 2.46. The summed E-state index contributed by atoms with van der Waals surface area (Å²) in [7, 11) is -3.40. The monoisotopic (exact) mass is 316 g/mol. The van der Waals surface area contributed by atoms with Crippen LogP contribution in [0.3, 0.4) is 0 Å². The number of alkyl halides is 1. The van der Waals surface area contributed by atoms with Crippen molar-refractivity contribution in [1.29, 1.82) is 0 Å². The van der Waals surface area contributed by atoms with Crippen molar-refractivity contribution in [3.8, 4) is 0 Å². The molecule has 112 valence electrons. The van der Waals surface area contributed by atoms with Crippen LogP contribution in [0.4, 0.5) is 0 Å². The Kier molecular flexibility index (Phi) is 5.84. The van der Waals surface area contributed by atoms with Crippen molar-refractivity contribution in [2.75, 3.05) is 25.5 Å². The lowest BCUT2D eigenvalue weighted by Crippen LogP contribution is -2.46. The van der Waals surface area contributed by atoms with Gasteiger partial charge in [0.1, 0.15) is 0 Å². The van der Waals surface area contributed by atoms with Gasteiger partial charge in [-0.2, -0.15) is 17.0 Å². The molecule has 1 aromatic rings. The first-order chi connectivity index (χ1) is 9.64. The molecule has 0 saturated carbocycles. The van der Waals surface area contributed by atoms with Gasteiger partial charge in [-0.25, -0.2) is 0 Å². The van der Waals surface area contributed by atoms with Gasteiger partial charge in [-0.05, 0) is 18.4 Å². The molecule has 0 radical (unpaired) electrons. The summed E-state index contributed by atoms with van der Waals surface area (Å²) in [6, 6.07) is 9.64. The molecular formula is C14H21ClN2O2S. The Morgan fingerprint density at radius 3 is 2.35 bits per heavy atom. The van der Waals surface area contributed by atoms with Crippen molar-refractivity contribution in [2.24, 2.45) is 0 Å². The van der Waals surface area contributed by atoms with Gasteiger partial charge in [0.25, 0.3) is 10.2 Å². The topological polar surface area (TPSA) is 40.6 Å². The molecule has 0 N–H and O–H groups in total. The Morgan fingerprint density at radius 1 is 1.10 bits per heavy atom. The van der Waals surface area contributed by atoms with E-state index in [0.717, 1.165) is 24.8 Å². The van der Waals surface area contributed by atoms with Gasteiger partial charge in [0.2, 0.25) is 0 Å². The van der Waals surface area contributed by atoms with Crippen LogP contribution in [0, 0.1) is 0 Å². The Hall–Kier alpha value is -0.620. The van der Waals surface area contributed by atoms with Gasteiger partial charge in [0, 0.05) is 32.1 Å². The maximum absolute atomic E-state index is 12.7. The fraction of sp³-hybridized carbons (Fsp3) is 0.571. The normalized spacial score (nSPS) is 17.5. The Morgan fingerprint density at radius 2 is 1.75 bits per heavy atom. The molecule has 1 aliphatic rings. The van der Waals surface area contributed by atoms with Gasteiger partial charge < -0.3 is 0 Å². The highest BCUT2D eigenvalue weighted by molar-refractivity contribution is 7.86. The molecule has 20 heavy (non-hydrogen) atoms. The summed E-state index contributed by atoms with van der Waals surface area (Å²) in [5.41, 5.74) is 0.984. The van der Waals surface area contributed by atoms with E-state index in [4.69, 9.17) is 11.6 Å². The number of benzene rings is 1. The third kappa shape index (κ3) is 3.95. The second-order valence-corrected chi connectivity index (χ2v) is 7.28. The van der Waals surface area contributed by atoms with E-state index in [1.807, 2.05) is 30.3 Å². The minimum absolute atomic E-state index is 0.305. The first-order valence-corrected chi connectivity index (χ1v) is 8.93. The second-order valence-electron chi connectivity index (χ2n) is 4.98. The van der Waals surface area contributed by atoms with Crippen LogP contribution in [-0.2, 0) is 16.8 Å². The molecule has 0 aliphatic carbocycles. The number of piperidine rings is 1. The van der Waals surface area contributed by atoms with E-state index < -0.39 is 10.2 Å². The van der Waals surface area contributed by atoms with Crippen molar-refractivity contribution < 1.29 is 8.42 Å². The summed E-state index contributed by atoms with van der Waals surface area (Å²) in [5, 5.41) is 0. The molecule has 1 heterocycles. The van der Waals surface area contributed by atoms with E-state index in [1.165, 1.54) is 4.31 Å². The Balaban J connectivity index is 2.14. The van der Waals surface area contributed by atoms with Crippen LogP contribution in [0.2, 0.25) is 0 Å². The highest BCUT2D eigenvalue weighted by atomic mass is 35.5. The zero-order valence-corrected chi connectivity index (χ0v) is 13.1. The second kappa shape index (κ2) is 7.41. The fourth-order valence-corrected chi connectivity index (χ4v) is 4.40. The minimum atomic E-state index is -3.40. The first-order valence-electron chi connectivity index (χ1n) is 6.99. The number of hydrogen-bond acceptors (Lipinski definition) is 2. The van der Waals surface area contributed by atoms with Crippen molar-refractivity contribution in [2.45, 2.75) is 25.8 Å². The molecule has 4 nitrogen and oxygen atoms in total. The number of halogens is 1. The molecule has 0 amide bonds. The standard InChI is InChI=1S/C14H21ClN2O2S/c15-9-12-17(13-14-7-3-1-4-8-14)20(18,19)16-10-5-2-6-11-16/h1,3-4,7-8H,2,5-6,9-13H2. The Bertz CT molecular complexity index is 501. The molecular weight excluding hydrogens is 296 g/mol. The van der Waals surface area contributed by atoms with E-state index in [0.29, 0.717) is 32.1 Å². The van der Waals surface area contributed by atoms with Gasteiger partial charge >= 0.3 is 0 Å². The molecule has 0 atom stereocenters. The third-order valence-electron chi connectivity index (χ3n) is 3.50. The lowest BCUT2D eigenvalue weighted by atomic mass is 10.2. The van der Waals surface area contributed by atoms with E-state index in [-0.39, 0.29) is 0 Å². The van der Waals surface area contributed by atoms with Gasteiger partial charge in [0.15, 0.2) is 0 Å². The largest absolute Gasteiger partial charge is 0.282 e. The van der Waals surface area contributed by atoms with Gasteiger partial charge in [0.05, 0.1) is 0 Å². The van der Waals surface area contributed by atoms with E-state index in [2.05, 4.69) is 0 Å². The summed E-state index contributed by atoms with van der Waals surface area (Å²) < 4.78 is 28.4. The number of rotatable bonds is 6. The highest BCUT2D eigenvalue weighted by Gasteiger charge is 2.30. The molecule has 0 bridgehead atoms. The highest BCUT2D eigenvalue weighted by Crippen LogP contribution is 2.18. The molecule has 0 spiro atoms. The summed E-state index contributed by atoms with van der Waals surface area (Å²) in [6.45, 7) is 1.97. The average Bonchev–Trinajstić information content (AvgIpc) is 2.49. The minimum Gasteiger partial charge on any atom is -0.195 e. The van der Waals surface area contributed by atoms with Crippen molar-refractivity contribution in [3.63, 3.8) is 0 Å². The van der Waals surface area contributed by atoms with Crippen LogP contribution >= 0.6 is 11.6 Å². The summed E-state index contributed by atoms with van der Waals surface area (Å²) in [5.74, 6) is 0.305. The molecule has 1 saturated heterocycles. The van der Waals surface area contributed by atoms with E-state index >= 15 is 0 Å². The van der Waals surface area contributed by atoms with Crippen molar-refractivity contribution in [3.05, 3.63) is 35.9 Å². The maximum Gasteiger partial charge on any atom is 0.282 e. The molecule has 2 rings (SSSR count). The summed E-state index contributed by atoms with van der Waals surface area (Å²) in [6.07, 6.45) is 3.00. The predicted molar refractivity (Wildman–Crippen MR) is 81.9 cm³/mol. The zero-order chi connectivity index (χ0) is 14.4. The molecule has 1 aliphatic heterocycles. The van der Waals surface area contributed by atoms with Crippen LogP contribution in [0.15, 0.2) is 30.3 Å². The zero-order valence-electron chi connectivity index (χ0n) is 11.5. The molecule has 0 aromatic heterocycles. The number of nitrogens with zero attached hydrogens (tertiary/aromatic N) is 2. The lowest BCUT2D eigenvalue weighted by Gasteiger charge is -2.31. The van der Waals surface area contributed by atoms with Crippen LogP contribution in [0.5, 0.6) is 0 Å². The van der Waals surface area contributed by atoms with Gasteiger partial charge in [-0.1, -0.05) is 36.8 Å². The summed E-state index contributed by atoms with van der Waals surface area (Å²) >= 11 is 5.78. The molecule has 1 fully saturated rings. The summed E-state index contributed by atoms with van der Waals surface area (Å²) in [4.78, 5) is 0. The first kappa shape index (κ1) is 15.8. The average molecular weight is 317 g/mol. The van der Waals surface area contributed by atoms with E-state index in [9.17, 15) is 8.42 Å². The van der Waals surface area contributed by atoms with Crippen molar-refractivity contribution >= 4 is 21.8 Å². The molecule has 0 unspecified atom stereocenters. The van der Waals surface area contributed by atoms with E-state index in [1.54, 1.807) is 4.31 Å². The smallest absolute Gasteiger partial charge is 0.195 e. The number of hydrogen-bond donors (Lipinski definition) is 0. The van der Waals surface area contributed by atoms with Crippen LogP contribution in [0.1, 0.15) is 24.8 Å².